The summed E-state index contributed by atoms with van der Waals surface area (Å²) in [6, 6.07) is 13.4. The van der Waals surface area contributed by atoms with Crippen molar-refractivity contribution in [1.82, 2.24) is 0 Å². The highest BCUT2D eigenvalue weighted by atomic mass is 16.5. The molecule has 0 unspecified atom stereocenters. The minimum absolute atomic E-state index is 0.0432. The molecule has 0 aliphatic rings. The van der Waals surface area contributed by atoms with Gasteiger partial charge in [0.1, 0.15) is 5.75 Å². The first-order chi connectivity index (χ1) is 9.16. The van der Waals surface area contributed by atoms with Crippen molar-refractivity contribution in [3.63, 3.8) is 0 Å². The lowest BCUT2D eigenvalue weighted by atomic mass is 10.1. The molecule has 0 spiro atoms. The Kier molecular flexibility index (Phi) is 4.18. The van der Waals surface area contributed by atoms with Gasteiger partial charge in [-0.3, -0.25) is 0 Å². The van der Waals surface area contributed by atoms with Crippen LogP contribution in [0.3, 0.4) is 0 Å². The van der Waals surface area contributed by atoms with E-state index in [1.807, 2.05) is 50.2 Å². The summed E-state index contributed by atoms with van der Waals surface area (Å²) in [5.41, 5.74) is 0. The fourth-order valence-corrected chi connectivity index (χ4v) is 1.68. The summed E-state index contributed by atoms with van der Waals surface area (Å²) < 4.78 is 10.5. The first kappa shape index (κ1) is 13.1. The molecule has 0 aromatic heterocycles. The number of esters is 1. The van der Waals surface area contributed by atoms with Crippen LogP contribution in [0.2, 0.25) is 0 Å². The summed E-state index contributed by atoms with van der Waals surface area (Å²) in [5, 5.41) is 1.95. The summed E-state index contributed by atoms with van der Waals surface area (Å²) >= 11 is 0. The number of fused-ring (bicyclic) bond motifs is 1. The van der Waals surface area contributed by atoms with Crippen LogP contribution in [0.1, 0.15) is 13.8 Å². The van der Waals surface area contributed by atoms with Gasteiger partial charge in [-0.15, -0.1) is 0 Å². The molecule has 0 saturated carbocycles. The average Bonchev–Trinajstić information content (AvgIpc) is 2.39. The van der Waals surface area contributed by atoms with Gasteiger partial charge < -0.3 is 9.47 Å². The Balaban J connectivity index is 2.13. The maximum Gasteiger partial charge on any atom is 0.339 e. The molecule has 0 atom stereocenters. The monoisotopic (exact) mass is 256 g/mol. The zero-order chi connectivity index (χ0) is 13.7. The lowest BCUT2D eigenvalue weighted by molar-refractivity contribution is -0.129. The van der Waals surface area contributed by atoms with Crippen molar-refractivity contribution in [2.45, 2.75) is 20.0 Å². The third kappa shape index (κ3) is 3.58. The molecule has 0 aliphatic carbocycles. The molecule has 2 aromatic carbocycles. The zero-order valence-corrected chi connectivity index (χ0v) is 11.0. The molecule has 0 N–H and O–H groups in total. The van der Waals surface area contributed by atoms with Crippen molar-refractivity contribution < 1.29 is 14.3 Å². The number of rotatable bonds is 4. The average molecular weight is 256 g/mol. The lowest BCUT2D eigenvalue weighted by Crippen LogP contribution is -2.05. The molecular weight excluding hydrogens is 240 g/mol. The Labute approximate surface area is 112 Å². The second-order valence-corrected chi connectivity index (χ2v) is 4.39. The van der Waals surface area contributed by atoms with Crippen LogP contribution in [0.4, 0.5) is 0 Å². The van der Waals surface area contributed by atoms with Gasteiger partial charge in [0.15, 0.2) is 0 Å². The highest BCUT2D eigenvalue weighted by Crippen LogP contribution is 2.25. The molecule has 19 heavy (non-hydrogen) atoms. The first-order valence-corrected chi connectivity index (χ1v) is 6.18. The van der Waals surface area contributed by atoms with Gasteiger partial charge >= 0.3 is 5.97 Å². The van der Waals surface area contributed by atoms with E-state index in [0.717, 1.165) is 10.8 Å². The van der Waals surface area contributed by atoms with Crippen LogP contribution in [-0.2, 0) is 9.53 Å². The van der Waals surface area contributed by atoms with Gasteiger partial charge in [0.25, 0.3) is 0 Å². The van der Waals surface area contributed by atoms with Gasteiger partial charge in [0.2, 0.25) is 0 Å². The Hall–Kier alpha value is -2.29. The van der Waals surface area contributed by atoms with Crippen LogP contribution in [0.15, 0.2) is 54.8 Å². The predicted molar refractivity (Wildman–Crippen MR) is 74.9 cm³/mol. The minimum Gasteiger partial charge on any atom is -0.498 e. The van der Waals surface area contributed by atoms with E-state index in [0.29, 0.717) is 5.75 Å². The fraction of sp³-hybridized carbons (Fsp3) is 0.188. The number of hydrogen-bond acceptors (Lipinski definition) is 3. The molecule has 0 heterocycles. The normalized spacial score (nSPS) is 11.1. The van der Waals surface area contributed by atoms with Crippen molar-refractivity contribution in [3.8, 4) is 5.75 Å². The number of benzene rings is 2. The molecule has 2 rings (SSSR count). The third-order valence-corrected chi connectivity index (χ3v) is 2.52. The molecule has 98 valence electrons. The van der Waals surface area contributed by atoms with Crippen LogP contribution in [-0.4, -0.2) is 12.1 Å². The van der Waals surface area contributed by atoms with Crippen molar-refractivity contribution in [2.75, 3.05) is 0 Å². The SMILES string of the molecule is CC(C)O/C=C/C(=O)Oc1cccc2ccccc12. The van der Waals surface area contributed by atoms with E-state index in [1.165, 1.54) is 12.3 Å². The second-order valence-electron chi connectivity index (χ2n) is 4.39. The third-order valence-electron chi connectivity index (χ3n) is 2.52. The summed E-state index contributed by atoms with van der Waals surface area (Å²) in [4.78, 5) is 11.6. The first-order valence-electron chi connectivity index (χ1n) is 6.18. The second kappa shape index (κ2) is 6.05. The summed E-state index contributed by atoms with van der Waals surface area (Å²) in [7, 11) is 0. The highest BCUT2D eigenvalue weighted by molar-refractivity contribution is 5.92. The summed E-state index contributed by atoms with van der Waals surface area (Å²) in [6.45, 7) is 3.78. The molecule has 0 radical (unpaired) electrons. The van der Waals surface area contributed by atoms with Crippen LogP contribution >= 0.6 is 0 Å². The molecule has 2 aromatic rings. The zero-order valence-electron chi connectivity index (χ0n) is 11.0. The smallest absolute Gasteiger partial charge is 0.339 e. The van der Waals surface area contributed by atoms with E-state index in [4.69, 9.17) is 9.47 Å². The molecule has 3 nitrogen and oxygen atoms in total. The Bertz CT molecular complexity index is 594. The van der Waals surface area contributed by atoms with Gasteiger partial charge in [0, 0.05) is 5.39 Å². The Morgan fingerprint density at radius 2 is 1.84 bits per heavy atom. The van der Waals surface area contributed by atoms with Crippen LogP contribution in [0.25, 0.3) is 10.8 Å². The molecular formula is C16H16O3. The number of carbonyl (C=O) groups excluding carboxylic acids is 1. The summed E-state index contributed by atoms with van der Waals surface area (Å²) in [5.74, 6) is 0.106. The van der Waals surface area contributed by atoms with Crippen LogP contribution < -0.4 is 4.74 Å². The van der Waals surface area contributed by atoms with Gasteiger partial charge in [-0.25, -0.2) is 4.79 Å². The highest BCUT2D eigenvalue weighted by Gasteiger charge is 2.05. The van der Waals surface area contributed by atoms with E-state index < -0.39 is 5.97 Å². The van der Waals surface area contributed by atoms with Gasteiger partial charge in [0.05, 0.1) is 18.4 Å². The molecule has 0 fully saturated rings. The molecule has 0 bridgehead atoms. The standard InChI is InChI=1S/C16H16O3/c1-12(2)18-11-10-16(17)19-15-9-5-7-13-6-3-4-8-14(13)15/h3-12H,1-2H3/b11-10+. The van der Waals surface area contributed by atoms with Gasteiger partial charge in [-0.1, -0.05) is 36.4 Å². The minimum atomic E-state index is -0.447. The maximum atomic E-state index is 11.6. The van der Waals surface area contributed by atoms with Gasteiger partial charge in [-0.2, -0.15) is 0 Å². The maximum absolute atomic E-state index is 11.6. The number of ether oxygens (including phenoxy) is 2. The topological polar surface area (TPSA) is 35.5 Å². The molecule has 0 amide bonds. The number of hydrogen-bond donors (Lipinski definition) is 0. The van der Waals surface area contributed by atoms with E-state index in [2.05, 4.69) is 0 Å². The van der Waals surface area contributed by atoms with E-state index in [-0.39, 0.29) is 6.10 Å². The quantitative estimate of drug-likeness (QED) is 0.362. The summed E-state index contributed by atoms with van der Waals surface area (Å²) in [6.07, 6.45) is 2.68. The van der Waals surface area contributed by atoms with Gasteiger partial charge in [-0.05, 0) is 25.3 Å². The van der Waals surface area contributed by atoms with Crippen molar-refractivity contribution in [3.05, 3.63) is 54.8 Å². The van der Waals surface area contributed by atoms with Crippen molar-refractivity contribution >= 4 is 16.7 Å². The van der Waals surface area contributed by atoms with Crippen molar-refractivity contribution in [2.24, 2.45) is 0 Å². The van der Waals surface area contributed by atoms with E-state index in [1.54, 1.807) is 6.07 Å². The van der Waals surface area contributed by atoms with Crippen LogP contribution in [0.5, 0.6) is 5.75 Å². The number of carbonyl (C=O) groups is 1. The Morgan fingerprint density at radius 1 is 1.11 bits per heavy atom. The molecule has 3 heteroatoms. The van der Waals surface area contributed by atoms with Crippen molar-refractivity contribution in [1.29, 1.82) is 0 Å². The van der Waals surface area contributed by atoms with E-state index >= 15 is 0 Å². The largest absolute Gasteiger partial charge is 0.498 e. The fourth-order valence-electron chi connectivity index (χ4n) is 1.68. The predicted octanol–water partition coefficient (Wildman–Crippen LogP) is 3.68. The Morgan fingerprint density at radius 3 is 2.63 bits per heavy atom. The molecule has 0 aliphatic heterocycles. The lowest BCUT2D eigenvalue weighted by Gasteiger charge is -2.06. The van der Waals surface area contributed by atoms with Crippen LogP contribution in [0, 0.1) is 0 Å². The van der Waals surface area contributed by atoms with E-state index in [9.17, 15) is 4.79 Å². The molecule has 0 saturated heterocycles.